The Balaban J connectivity index is 1.60. The molecule has 0 radical (unpaired) electrons. The summed E-state index contributed by atoms with van der Waals surface area (Å²) in [5.74, 6) is 1.22. The largest absolute Gasteiger partial charge is 0.495 e. The highest BCUT2D eigenvalue weighted by Crippen LogP contribution is 2.34. The molecule has 3 aromatic rings. The lowest BCUT2D eigenvalue weighted by atomic mass is 10.0. The molecule has 2 aromatic carbocycles. The van der Waals surface area contributed by atoms with Crippen molar-refractivity contribution in [3.8, 4) is 5.75 Å². The van der Waals surface area contributed by atoms with Gasteiger partial charge < -0.3 is 20.3 Å². The molecule has 0 atom stereocenters. The number of nitrogens with zero attached hydrogens (tertiary/aromatic N) is 5. The summed E-state index contributed by atoms with van der Waals surface area (Å²) in [6, 6.07) is 9.13. The van der Waals surface area contributed by atoms with Gasteiger partial charge in [-0.2, -0.15) is 4.98 Å². The third-order valence-corrected chi connectivity index (χ3v) is 9.05. The summed E-state index contributed by atoms with van der Waals surface area (Å²) in [4.78, 5) is 25.0. The van der Waals surface area contributed by atoms with Crippen molar-refractivity contribution in [2.75, 3.05) is 65.6 Å². The van der Waals surface area contributed by atoms with E-state index in [-0.39, 0.29) is 27.6 Å². The van der Waals surface area contributed by atoms with Gasteiger partial charge in [0.25, 0.3) is 0 Å². The van der Waals surface area contributed by atoms with E-state index in [2.05, 4.69) is 25.5 Å². The van der Waals surface area contributed by atoms with Gasteiger partial charge in [-0.3, -0.25) is 9.69 Å². The Morgan fingerprint density at radius 2 is 1.73 bits per heavy atom. The third-order valence-electron chi connectivity index (χ3n) is 6.91. The molecule has 1 aliphatic heterocycles. The van der Waals surface area contributed by atoms with E-state index in [1.165, 1.54) is 25.9 Å². The highest BCUT2D eigenvalue weighted by molar-refractivity contribution is 7.89. The van der Waals surface area contributed by atoms with Crippen molar-refractivity contribution in [1.82, 2.24) is 24.1 Å². The Labute approximate surface area is 246 Å². The lowest BCUT2D eigenvalue weighted by Crippen LogP contribution is -2.37. The molecule has 13 heteroatoms. The van der Waals surface area contributed by atoms with E-state index in [0.717, 1.165) is 41.4 Å². The van der Waals surface area contributed by atoms with Gasteiger partial charge in [0.15, 0.2) is 5.82 Å². The molecule has 0 bridgehead atoms. The van der Waals surface area contributed by atoms with Gasteiger partial charge in [-0.05, 0) is 60.7 Å². The molecule has 0 unspecified atom stereocenters. The van der Waals surface area contributed by atoms with Crippen LogP contribution in [0.15, 0.2) is 41.4 Å². The number of methoxy groups -OCH3 is 1. The zero-order chi connectivity index (χ0) is 29.9. The molecule has 220 valence electrons. The van der Waals surface area contributed by atoms with Gasteiger partial charge in [0, 0.05) is 41.3 Å². The van der Waals surface area contributed by atoms with Crippen LogP contribution in [0, 0.1) is 6.92 Å². The highest BCUT2D eigenvalue weighted by Gasteiger charge is 2.23. The number of aryl methyl sites for hydroxylation is 1. The number of carbonyl (C=O) groups is 1. The quantitative estimate of drug-likeness (QED) is 0.378. The first-order chi connectivity index (χ1) is 19.4. The van der Waals surface area contributed by atoms with Crippen LogP contribution in [0.3, 0.4) is 0 Å². The molecule has 2 heterocycles. The van der Waals surface area contributed by atoms with Crippen LogP contribution >= 0.6 is 11.6 Å². The molecule has 0 aliphatic carbocycles. The van der Waals surface area contributed by atoms with Crippen LogP contribution in [0.5, 0.6) is 5.75 Å². The van der Waals surface area contributed by atoms with Gasteiger partial charge in [0.05, 0.1) is 31.2 Å². The number of hydrogen-bond acceptors (Lipinski definition) is 9. The molecule has 1 aliphatic rings. The second-order valence-corrected chi connectivity index (χ2v) is 12.8. The molecule has 11 nitrogen and oxygen atoms in total. The molecular formula is C28H36ClN7O4S. The van der Waals surface area contributed by atoms with Gasteiger partial charge in [-0.15, -0.1) is 0 Å². The van der Waals surface area contributed by atoms with Crippen molar-refractivity contribution in [3.05, 3.63) is 58.2 Å². The van der Waals surface area contributed by atoms with Gasteiger partial charge in [-0.25, -0.2) is 17.7 Å². The maximum Gasteiger partial charge on any atom is 0.244 e. The van der Waals surface area contributed by atoms with Crippen molar-refractivity contribution in [2.45, 2.75) is 24.7 Å². The van der Waals surface area contributed by atoms with E-state index < -0.39 is 10.0 Å². The van der Waals surface area contributed by atoms with Crippen molar-refractivity contribution >= 4 is 50.7 Å². The predicted molar refractivity (Wildman–Crippen MR) is 161 cm³/mol. The molecule has 0 saturated carbocycles. The minimum Gasteiger partial charge on any atom is -0.495 e. The first-order valence-electron chi connectivity index (χ1n) is 13.1. The van der Waals surface area contributed by atoms with Gasteiger partial charge in [0.2, 0.25) is 21.9 Å². The number of hydrogen-bond donors (Lipinski definition) is 2. The monoisotopic (exact) mass is 601 g/mol. The summed E-state index contributed by atoms with van der Waals surface area (Å²) >= 11 is 6.42. The number of benzene rings is 2. The van der Waals surface area contributed by atoms with Gasteiger partial charge in [0.1, 0.15) is 15.7 Å². The molecule has 4 rings (SSSR count). The highest BCUT2D eigenvalue weighted by atomic mass is 35.5. The van der Waals surface area contributed by atoms with E-state index >= 15 is 0 Å². The van der Waals surface area contributed by atoms with Gasteiger partial charge in [-0.1, -0.05) is 17.7 Å². The summed E-state index contributed by atoms with van der Waals surface area (Å²) in [5.41, 5.74) is 4.15. The topological polar surface area (TPSA) is 120 Å². The second kappa shape index (κ2) is 12.6. The zero-order valence-corrected chi connectivity index (χ0v) is 25.7. The summed E-state index contributed by atoms with van der Waals surface area (Å²) in [5, 5.41) is 6.53. The number of likely N-dealkylation sites (N-methyl/N-ethyl adjacent to an activating group) is 1. The minimum absolute atomic E-state index is 0.0808. The standard InChI is InChI=1S/C28H36ClN7O4S/c1-18-7-8-22(25(13-18)41(38,39)35(4)5)31-27-21(29)16-30-28(33-27)32-23-14-19-9-11-36(17-26(37)34(2)3)12-10-20(19)15-24(23)40-6/h7-8,13-16H,9-12,17H2,1-6H3,(H2,30,31,32,33). The minimum atomic E-state index is -3.73. The van der Waals surface area contributed by atoms with Crippen LogP contribution in [0.1, 0.15) is 16.7 Å². The SMILES string of the molecule is COc1cc2c(cc1Nc1ncc(Cl)c(Nc3ccc(C)cc3S(=O)(=O)N(C)C)n1)CCN(CC(=O)N(C)C)CC2. The van der Waals surface area contributed by atoms with Crippen LogP contribution in [-0.4, -0.2) is 93.3 Å². The second-order valence-electron chi connectivity index (χ2n) is 10.3. The molecule has 41 heavy (non-hydrogen) atoms. The summed E-state index contributed by atoms with van der Waals surface area (Å²) < 4.78 is 32.8. The van der Waals surface area contributed by atoms with E-state index in [9.17, 15) is 13.2 Å². The van der Waals surface area contributed by atoms with E-state index in [4.69, 9.17) is 16.3 Å². The molecule has 0 spiro atoms. The first-order valence-corrected chi connectivity index (χ1v) is 14.9. The fourth-order valence-corrected chi connectivity index (χ4v) is 5.73. The normalized spacial score (nSPS) is 13.9. The molecular weight excluding hydrogens is 566 g/mol. The maximum atomic E-state index is 13.0. The van der Waals surface area contributed by atoms with Crippen LogP contribution in [0.2, 0.25) is 5.02 Å². The number of anilines is 4. The average molecular weight is 602 g/mol. The number of carbonyl (C=O) groups excluding carboxylic acids is 1. The van der Waals surface area contributed by atoms with Gasteiger partial charge >= 0.3 is 0 Å². The van der Waals surface area contributed by atoms with Crippen LogP contribution in [-0.2, 0) is 27.7 Å². The summed E-state index contributed by atoms with van der Waals surface area (Å²) in [7, 11) is 4.37. The average Bonchev–Trinajstić information content (AvgIpc) is 3.12. The number of amides is 1. The Morgan fingerprint density at radius 1 is 1.05 bits per heavy atom. The Bertz CT molecular complexity index is 1550. The summed E-state index contributed by atoms with van der Waals surface area (Å²) in [6.07, 6.45) is 3.02. The number of aromatic nitrogens is 2. The summed E-state index contributed by atoms with van der Waals surface area (Å²) in [6.45, 7) is 3.75. The van der Waals surface area contributed by atoms with Crippen molar-refractivity contribution in [1.29, 1.82) is 0 Å². The van der Waals surface area contributed by atoms with Crippen LogP contribution in [0.4, 0.5) is 23.1 Å². The number of sulfonamides is 1. The lowest BCUT2D eigenvalue weighted by molar-refractivity contribution is -0.129. The fraction of sp³-hybridized carbons (Fsp3) is 0.393. The number of nitrogens with one attached hydrogen (secondary N) is 2. The first kappa shape index (κ1) is 30.5. The Hall–Kier alpha value is -3.45. The van der Waals surface area contributed by atoms with E-state index in [1.807, 2.05) is 25.1 Å². The number of halogens is 1. The lowest BCUT2D eigenvalue weighted by Gasteiger charge is -2.21. The van der Waals surface area contributed by atoms with Crippen molar-refractivity contribution in [2.24, 2.45) is 0 Å². The zero-order valence-electron chi connectivity index (χ0n) is 24.2. The number of ether oxygens (including phenoxy) is 1. The Kier molecular flexibility index (Phi) is 9.37. The smallest absolute Gasteiger partial charge is 0.244 e. The Morgan fingerprint density at radius 3 is 2.37 bits per heavy atom. The third kappa shape index (κ3) is 7.07. The molecule has 0 saturated heterocycles. The van der Waals surface area contributed by atoms with Crippen LogP contribution < -0.4 is 15.4 Å². The van der Waals surface area contributed by atoms with Crippen molar-refractivity contribution in [3.63, 3.8) is 0 Å². The predicted octanol–water partition coefficient (Wildman–Crippen LogP) is 3.67. The maximum absolute atomic E-state index is 13.0. The molecule has 2 N–H and O–H groups in total. The molecule has 0 fully saturated rings. The van der Waals surface area contributed by atoms with Crippen molar-refractivity contribution < 1.29 is 17.9 Å². The van der Waals surface area contributed by atoms with Crippen LogP contribution in [0.25, 0.3) is 0 Å². The number of rotatable bonds is 9. The number of fused-ring (bicyclic) bond motifs is 1. The van der Waals surface area contributed by atoms with E-state index in [0.29, 0.717) is 23.7 Å². The van der Waals surface area contributed by atoms with E-state index in [1.54, 1.807) is 38.2 Å². The molecule has 1 amide bonds. The molecule has 1 aromatic heterocycles. The fourth-order valence-electron chi connectivity index (χ4n) is 4.46.